The molecule has 12 heavy (non-hydrogen) atoms. The number of fused-ring (bicyclic) bond motifs is 1. The number of hydrogen-bond donors (Lipinski definition) is 0. The van der Waals surface area contributed by atoms with Crippen LogP contribution in [0.25, 0.3) is 0 Å². The molecule has 68 valence electrons. The maximum absolute atomic E-state index is 11.2. The van der Waals surface area contributed by atoms with Crippen molar-refractivity contribution in [2.75, 3.05) is 0 Å². The molecule has 0 aromatic heterocycles. The number of rotatable bonds is 0. The van der Waals surface area contributed by atoms with E-state index < -0.39 is 0 Å². The van der Waals surface area contributed by atoms with Crippen molar-refractivity contribution >= 4 is 5.78 Å². The molecule has 2 atom stereocenters. The van der Waals surface area contributed by atoms with Gasteiger partial charge in [-0.3, -0.25) is 4.79 Å². The van der Waals surface area contributed by atoms with Gasteiger partial charge in [0.2, 0.25) is 0 Å². The second kappa shape index (κ2) is 3.59. The predicted octanol–water partition coefficient (Wildman–Crippen LogP) is 2.94. The fourth-order valence-electron chi connectivity index (χ4n) is 2.91. The molecule has 1 heteroatoms. The average molecular weight is 166 g/mol. The molecule has 0 bridgehead atoms. The minimum absolute atomic E-state index is 0.514. The highest BCUT2D eigenvalue weighted by molar-refractivity contribution is 5.78. The zero-order chi connectivity index (χ0) is 8.39. The Morgan fingerprint density at radius 3 is 2.33 bits per heavy atom. The fourth-order valence-corrected chi connectivity index (χ4v) is 2.91. The highest BCUT2D eigenvalue weighted by Gasteiger charge is 2.28. The molecule has 0 N–H and O–H groups in total. The largest absolute Gasteiger partial charge is 0.300 e. The molecule has 2 fully saturated rings. The van der Waals surface area contributed by atoms with Crippen molar-refractivity contribution in [3.05, 3.63) is 0 Å². The molecule has 2 rings (SSSR count). The van der Waals surface area contributed by atoms with Crippen LogP contribution in [-0.4, -0.2) is 5.78 Å². The van der Waals surface area contributed by atoms with Gasteiger partial charge in [-0.25, -0.2) is 0 Å². The van der Waals surface area contributed by atoms with Crippen LogP contribution < -0.4 is 0 Å². The van der Waals surface area contributed by atoms with E-state index >= 15 is 0 Å². The van der Waals surface area contributed by atoms with Crippen LogP contribution in [0.15, 0.2) is 0 Å². The Morgan fingerprint density at radius 1 is 0.833 bits per heavy atom. The van der Waals surface area contributed by atoms with Gasteiger partial charge in [-0.15, -0.1) is 0 Å². The first-order chi connectivity index (χ1) is 5.86. The normalized spacial score (nSPS) is 37.2. The number of ketones is 1. The Labute approximate surface area is 74.5 Å². The van der Waals surface area contributed by atoms with Crippen LogP contribution >= 0.6 is 0 Å². The van der Waals surface area contributed by atoms with E-state index in [0.717, 1.165) is 24.7 Å². The lowest BCUT2D eigenvalue weighted by molar-refractivity contribution is -0.119. The van der Waals surface area contributed by atoms with Gasteiger partial charge in [0.1, 0.15) is 5.78 Å². The Hall–Kier alpha value is -0.330. The third kappa shape index (κ3) is 1.70. The lowest BCUT2D eigenvalue weighted by Crippen LogP contribution is -2.14. The second-order valence-corrected chi connectivity index (χ2v) is 4.42. The lowest BCUT2D eigenvalue weighted by atomic mass is 9.84. The number of hydrogen-bond acceptors (Lipinski definition) is 1. The van der Waals surface area contributed by atoms with Crippen molar-refractivity contribution in [2.45, 2.75) is 51.4 Å². The molecule has 1 nitrogen and oxygen atoms in total. The third-order valence-electron chi connectivity index (χ3n) is 3.64. The second-order valence-electron chi connectivity index (χ2n) is 4.42. The van der Waals surface area contributed by atoms with Gasteiger partial charge in [0.05, 0.1) is 0 Å². The topological polar surface area (TPSA) is 17.1 Å². The number of Topliss-reactive ketones (excluding diaryl/α,β-unsaturated/α-hetero) is 1. The van der Waals surface area contributed by atoms with E-state index in [4.69, 9.17) is 0 Å². The molecule has 0 aromatic rings. The Bertz CT molecular complexity index is 174. The summed E-state index contributed by atoms with van der Waals surface area (Å²) >= 11 is 0. The maximum atomic E-state index is 11.2. The van der Waals surface area contributed by atoms with E-state index in [-0.39, 0.29) is 0 Å². The SMILES string of the molecule is O=C1CCCC2CCCC2CC1. The smallest absolute Gasteiger partial charge is 0.132 e. The van der Waals surface area contributed by atoms with Crippen molar-refractivity contribution in [1.29, 1.82) is 0 Å². The van der Waals surface area contributed by atoms with Gasteiger partial charge >= 0.3 is 0 Å². The van der Waals surface area contributed by atoms with Crippen LogP contribution in [0, 0.1) is 11.8 Å². The first kappa shape index (κ1) is 8.28. The van der Waals surface area contributed by atoms with Gasteiger partial charge in [0, 0.05) is 12.8 Å². The van der Waals surface area contributed by atoms with Gasteiger partial charge in [-0.2, -0.15) is 0 Å². The van der Waals surface area contributed by atoms with Crippen LogP contribution in [0.4, 0.5) is 0 Å². The van der Waals surface area contributed by atoms with E-state index in [1.54, 1.807) is 0 Å². The minimum Gasteiger partial charge on any atom is -0.300 e. The molecule has 0 aliphatic heterocycles. The zero-order valence-corrected chi connectivity index (χ0v) is 7.72. The Morgan fingerprint density at radius 2 is 1.50 bits per heavy atom. The summed E-state index contributed by atoms with van der Waals surface area (Å²) in [5.74, 6) is 2.41. The van der Waals surface area contributed by atoms with E-state index in [9.17, 15) is 4.79 Å². The van der Waals surface area contributed by atoms with Gasteiger partial charge < -0.3 is 0 Å². The molecule has 2 aliphatic rings. The average Bonchev–Trinajstić information content (AvgIpc) is 2.45. The monoisotopic (exact) mass is 166 g/mol. The molecular weight excluding hydrogens is 148 g/mol. The highest BCUT2D eigenvalue weighted by atomic mass is 16.1. The van der Waals surface area contributed by atoms with Crippen LogP contribution in [0.5, 0.6) is 0 Å². The summed E-state index contributed by atoms with van der Waals surface area (Å²) in [5, 5.41) is 0. The van der Waals surface area contributed by atoms with Gasteiger partial charge in [-0.1, -0.05) is 19.3 Å². The van der Waals surface area contributed by atoms with Gasteiger partial charge in [0.25, 0.3) is 0 Å². The van der Waals surface area contributed by atoms with E-state index in [1.807, 2.05) is 0 Å². The Kier molecular flexibility index (Phi) is 2.48. The molecule has 0 amide bonds. The maximum Gasteiger partial charge on any atom is 0.132 e. The summed E-state index contributed by atoms with van der Waals surface area (Å²) in [4.78, 5) is 11.2. The Balaban J connectivity index is 1.94. The molecule has 0 aromatic carbocycles. The van der Waals surface area contributed by atoms with Crippen molar-refractivity contribution in [2.24, 2.45) is 11.8 Å². The zero-order valence-electron chi connectivity index (χ0n) is 7.72. The van der Waals surface area contributed by atoms with Crippen molar-refractivity contribution in [3.8, 4) is 0 Å². The van der Waals surface area contributed by atoms with Gasteiger partial charge in [-0.05, 0) is 31.1 Å². The quantitative estimate of drug-likeness (QED) is 0.540. The lowest BCUT2D eigenvalue weighted by Gasteiger charge is -2.21. The molecule has 2 saturated carbocycles. The standard InChI is InChI=1S/C11H18O/c12-11-6-2-5-9-3-1-4-10(9)7-8-11/h9-10H,1-8H2. The first-order valence-corrected chi connectivity index (χ1v) is 5.38. The minimum atomic E-state index is 0.514. The predicted molar refractivity (Wildman–Crippen MR) is 48.9 cm³/mol. The summed E-state index contributed by atoms with van der Waals surface area (Å²) < 4.78 is 0. The molecule has 2 aliphatic carbocycles. The van der Waals surface area contributed by atoms with Gasteiger partial charge in [0.15, 0.2) is 0 Å². The van der Waals surface area contributed by atoms with Crippen LogP contribution in [-0.2, 0) is 4.79 Å². The van der Waals surface area contributed by atoms with Crippen LogP contribution in [0.1, 0.15) is 51.4 Å². The van der Waals surface area contributed by atoms with E-state index in [2.05, 4.69) is 0 Å². The number of carbonyl (C=O) groups excluding carboxylic acids is 1. The van der Waals surface area contributed by atoms with E-state index in [0.29, 0.717) is 5.78 Å². The van der Waals surface area contributed by atoms with E-state index in [1.165, 1.54) is 38.5 Å². The molecule has 0 saturated heterocycles. The van der Waals surface area contributed by atoms with Crippen molar-refractivity contribution < 1.29 is 4.79 Å². The fraction of sp³-hybridized carbons (Fsp3) is 0.909. The summed E-state index contributed by atoms with van der Waals surface area (Å²) in [7, 11) is 0. The molecule has 0 heterocycles. The first-order valence-electron chi connectivity index (χ1n) is 5.38. The third-order valence-corrected chi connectivity index (χ3v) is 3.64. The molecular formula is C11H18O. The summed E-state index contributed by atoms with van der Waals surface area (Å²) in [6, 6.07) is 0. The van der Waals surface area contributed by atoms with Crippen LogP contribution in [0.2, 0.25) is 0 Å². The number of carbonyl (C=O) groups is 1. The van der Waals surface area contributed by atoms with Crippen molar-refractivity contribution in [3.63, 3.8) is 0 Å². The highest BCUT2D eigenvalue weighted by Crippen LogP contribution is 2.39. The molecule has 2 unspecified atom stereocenters. The summed E-state index contributed by atoms with van der Waals surface area (Å²) in [5.41, 5.74) is 0. The van der Waals surface area contributed by atoms with Crippen LogP contribution in [0.3, 0.4) is 0 Å². The summed E-state index contributed by atoms with van der Waals surface area (Å²) in [6.45, 7) is 0. The molecule has 0 spiro atoms. The molecule has 0 radical (unpaired) electrons. The summed E-state index contributed by atoms with van der Waals surface area (Å²) in [6.07, 6.45) is 9.70. The van der Waals surface area contributed by atoms with Crippen molar-refractivity contribution in [1.82, 2.24) is 0 Å².